The molecule has 0 spiro atoms. The molecular formula is C34H49N7O6. The van der Waals surface area contributed by atoms with Gasteiger partial charge in [0.2, 0.25) is 17.7 Å². The van der Waals surface area contributed by atoms with Crippen molar-refractivity contribution in [2.24, 2.45) is 28.6 Å². The molecule has 0 aromatic carbocycles. The van der Waals surface area contributed by atoms with Crippen LogP contribution in [-0.2, 0) is 19.2 Å². The highest BCUT2D eigenvalue weighted by atomic mass is 16.3. The number of aliphatic hydroxyl groups excluding tert-OH is 1. The largest absolute Gasteiger partial charge is 0.381 e. The fourth-order valence-corrected chi connectivity index (χ4v) is 8.94. The maximum Gasteiger partial charge on any atom is 0.272 e. The highest BCUT2D eigenvalue weighted by Crippen LogP contribution is 2.59. The first-order valence-electron chi connectivity index (χ1n) is 17.3. The first-order chi connectivity index (χ1) is 22.4. The fraction of sp³-hybridized carbons (Fsp3) is 0.735. The Morgan fingerprint density at radius 3 is 2.40 bits per heavy atom. The quantitative estimate of drug-likeness (QED) is 0.249. The van der Waals surface area contributed by atoms with Gasteiger partial charge in [-0.25, -0.2) is 4.98 Å². The molecular weight excluding hydrogens is 602 g/mol. The minimum atomic E-state index is -1.38. The van der Waals surface area contributed by atoms with Gasteiger partial charge in [-0.05, 0) is 67.6 Å². The van der Waals surface area contributed by atoms with Crippen LogP contribution in [0.25, 0.3) is 0 Å². The van der Waals surface area contributed by atoms with E-state index in [1.165, 1.54) is 18.6 Å². The second kappa shape index (κ2) is 12.8. The third-order valence-corrected chi connectivity index (χ3v) is 11.5. The van der Waals surface area contributed by atoms with Crippen molar-refractivity contribution in [2.75, 3.05) is 6.54 Å². The van der Waals surface area contributed by atoms with Crippen LogP contribution in [0.2, 0.25) is 0 Å². The number of carbonyl (C=O) groups is 5. The van der Waals surface area contributed by atoms with E-state index in [9.17, 15) is 29.1 Å². The molecule has 3 aliphatic carbocycles. The maximum atomic E-state index is 14.5. The van der Waals surface area contributed by atoms with Crippen LogP contribution in [0, 0.1) is 28.6 Å². The van der Waals surface area contributed by atoms with Crippen molar-refractivity contribution in [1.82, 2.24) is 36.1 Å². The van der Waals surface area contributed by atoms with E-state index in [4.69, 9.17) is 0 Å². The number of carbonyl (C=O) groups excluding carboxylic acids is 5. The summed E-state index contributed by atoms with van der Waals surface area (Å²) in [5.74, 6) is -2.40. The molecule has 1 aromatic rings. The molecule has 5 N–H and O–H groups in total. The Morgan fingerprint density at radius 2 is 1.79 bits per heavy atom. The smallest absolute Gasteiger partial charge is 0.272 e. The zero-order valence-electron chi connectivity index (χ0n) is 27.8. The van der Waals surface area contributed by atoms with Gasteiger partial charge in [0, 0.05) is 30.9 Å². The van der Waals surface area contributed by atoms with E-state index in [2.05, 4.69) is 31.2 Å². The van der Waals surface area contributed by atoms with Crippen LogP contribution in [0.1, 0.15) is 96.0 Å². The third kappa shape index (κ3) is 6.23. The van der Waals surface area contributed by atoms with E-state index in [1.807, 2.05) is 27.7 Å². The van der Waals surface area contributed by atoms with Crippen LogP contribution in [0.4, 0.5) is 0 Å². The summed E-state index contributed by atoms with van der Waals surface area (Å²) in [5.41, 5.74) is -1.16. The van der Waals surface area contributed by atoms with Crippen molar-refractivity contribution in [1.29, 1.82) is 0 Å². The molecule has 5 amide bonds. The van der Waals surface area contributed by atoms with Crippen LogP contribution in [0.3, 0.4) is 0 Å². The number of amides is 5. The zero-order chi connectivity index (χ0) is 33.7. The number of nitrogens with one attached hydrogen (secondary N) is 4. The average molecular weight is 652 g/mol. The van der Waals surface area contributed by atoms with Gasteiger partial charge in [0.1, 0.15) is 23.8 Å². The van der Waals surface area contributed by atoms with Crippen LogP contribution in [0.15, 0.2) is 18.6 Å². The Morgan fingerprint density at radius 1 is 1.06 bits per heavy atom. The molecule has 1 aromatic heterocycles. The molecule has 5 fully saturated rings. The summed E-state index contributed by atoms with van der Waals surface area (Å²) in [6.45, 7) is 8.00. The minimum absolute atomic E-state index is 0.0324. The molecule has 8 atom stereocenters. The fourth-order valence-electron chi connectivity index (χ4n) is 8.94. The van der Waals surface area contributed by atoms with Crippen molar-refractivity contribution in [3.63, 3.8) is 0 Å². The molecule has 0 bridgehead atoms. The summed E-state index contributed by atoms with van der Waals surface area (Å²) in [5, 5.41) is 23.0. The molecule has 2 unspecified atom stereocenters. The summed E-state index contributed by atoms with van der Waals surface area (Å²) >= 11 is 0. The molecule has 0 radical (unpaired) electrons. The molecule has 3 saturated carbocycles. The number of likely N-dealkylation sites (tertiary alicyclic amines) is 1. The molecule has 13 nitrogen and oxygen atoms in total. The standard InChI is InChI=1S/C34H49N7O6/c1-5-34-13-12-19-17-41(24(22(19)34)30(45)39-26(34)25(42)31(46)37-20-10-11-20)32(47)27(33(2,3)4)40-29(44)23(18-8-6-7-9-18)38-28(43)21-16-35-14-15-36-21/h14-16,18-20,22-27,42H,5-13,17H2,1-4H3,(H,37,46)(H,38,43)(H,39,45)(H,40,44)/t19-,22-,23-,24-,25?,26+,27+,34?/m0/s1. The lowest BCUT2D eigenvalue weighted by Gasteiger charge is -2.50. The van der Waals surface area contributed by atoms with Crippen LogP contribution < -0.4 is 21.3 Å². The van der Waals surface area contributed by atoms with Crippen molar-refractivity contribution in [3.05, 3.63) is 24.3 Å². The Bertz CT molecular complexity index is 1390. The molecule has 13 heteroatoms. The molecule has 47 heavy (non-hydrogen) atoms. The lowest BCUT2D eigenvalue weighted by atomic mass is 9.62. The van der Waals surface area contributed by atoms with Crippen molar-refractivity contribution >= 4 is 29.5 Å². The van der Waals surface area contributed by atoms with E-state index >= 15 is 0 Å². The SMILES string of the molecule is CCC12CC[C@H]3CN(C(=O)[C@@H](NC(=O)[C@@H](NC(=O)c4cnccn4)C4CCCC4)C(C)(C)C)[C@H](C(=O)N[C@@H]1C(O)C(=O)NC1CC1)[C@H]32. The predicted octanol–water partition coefficient (Wildman–Crippen LogP) is 1.07. The first-order valence-corrected chi connectivity index (χ1v) is 17.3. The molecule has 256 valence electrons. The van der Waals surface area contributed by atoms with Crippen LogP contribution in [0.5, 0.6) is 0 Å². The lowest BCUT2D eigenvalue weighted by molar-refractivity contribution is -0.153. The zero-order valence-corrected chi connectivity index (χ0v) is 27.8. The number of nitrogens with zero attached hydrogens (tertiary/aromatic N) is 3. The number of hydrogen-bond acceptors (Lipinski definition) is 8. The molecule has 3 heterocycles. The minimum Gasteiger partial charge on any atom is -0.381 e. The molecule has 6 rings (SSSR count). The summed E-state index contributed by atoms with van der Waals surface area (Å²) in [4.78, 5) is 78.2. The van der Waals surface area contributed by atoms with E-state index in [0.717, 1.165) is 51.4 Å². The van der Waals surface area contributed by atoms with Crippen LogP contribution in [-0.4, -0.2) is 92.4 Å². The highest BCUT2D eigenvalue weighted by Gasteiger charge is 2.67. The third-order valence-electron chi connectivity index (χ3n) is 11.5. The van der Waals surface area contributed by atoms with Crippen molar-refractivity contribution in [3.8, 4) is 0 Å². The lowest BCUT2D eigenvalue weighted by Crippen LogP contribution is -2.70. The molecule has 5 aliphatic rings. The van der Waals surface area contributed by atoms with Gasteiger partial charge in [-0.3, -0.25) is 29.0 Å². The topological polar surface area (TPSA) is 183 Å². The maximum absolute atomic E-state index is 14.5. The van der Waals surface area contributed by atoms with E-state index in [0.29, 0.717) is 13.0 Å². The van der Waals surface area contributed by atoms with Gasteiger partial charge >= 0.3 is 0 Å². The van der Waals surface area contributed by atoms with Gasteiger partial charge in [0.15, 0.2) is 6.10 Å². The Kier molecular flexibility index (Phi) is 9.05. The van der Waals surface area contributed by atoms with Crippen molar-refractivity contribution in [2.45, 2.75) is 122 Å². The van der Waals surface area contributed by atoms with Gasteiger partial charge in [-0.2, -0.15) is 0 Å². The second-order valence-corrected chi connectivity index (χ2v) is 15.5. The van der Waals surface area contributed by atoms with E-state index < -0.39 is 58.8 Å². The number of aliphatic hydroxyl groups is 1. The Labute approximate surface area is 275 Å². The van der Waals surface area contributed by atoms with E-state index in [-0.39, 0.29) is 41.3 Å². The summed E-state index contributed by atoms with van der Waals surface area (Å²) in [6, 6.07) is -3.27. The first kappa shape index (κ1) is 33.3. The van der Waals surface area contributed by atoms with Gasteiger partial charge in [0.25, 0.3) is 11.8 Å². The average Bonchev–Trinajstić information content (AvgIpc) is 3.41. The normalized spacial score (nSPS) is 30.6. The highest BCUT2D eigenvalue weighted by molar-refractivity contribution is 5.98. The van der Waals surface area contributed by atoms with Crippen LogP contribution >= 0.6 is 0 Å². The Hall–Kier alpha value is -3.61. The second-order valence-electron chi connectivity index (χ2n) is 15.5. The van der Waals surface area contributed by atoms with Gasteiger partial charge in [0.05, 0.1) is 12.2 Å². The number of piperidine rings is 1. The molecule has 2 aliphatic heterocycles. The number of rotatable bonds is 10. The Balaban J connectivity index is 1.23. The predicted molar refractivity (Wildman–Crippen MR) is 170 cm³/mol. The van der Waals surface area contributed by atoms with Gasteiger partial charge in [-0.1, -0.05) is 40.5 Å². The van der Waals surface area contributed by atoms with E-state index in [1.54, 1.807) is 4.90 Å². The summed E-state index contributed by atoms with van der Waals surface area (Å²) in [7, 11) is 0. The van der Waals surface area contributed by atoms with Gasteiger partial charge < -0.3 is 31.3 Å². The van der Waals surface area contributed by atoms with Gasteiger partial charge in [-0.15, -0.1) is 0 Å². The number of aromatic nitrogens is 2. The molecule has 2 saturated heterocycles. The van der Waals surface area contributed by atoms with Crippen molar-refractivity contribution < 1.29 is 29.1 Å². The summed E-state index contributed by atoms with van der Waals surface area (Å²) < 4.78 is 0. The monoisotopic (exact) mass is 651 g/mol. The summed E-state index contributed by atoms with van der Waals surface area (Å²) in [6.07, 6.45) is 10.2. The number of hydrogen-bond donors (Lipinski definition) is 5.